The summed E-state index contributed by atoms with van der Waals surface area (Å²) in [6.45, 7) is 3.88. The van der Waals surface area contributed by atoms with Gasteiger partial charge in [-0.05, 0) is 69.2 Å². The number of hydrogen-bond donors (Lipinski definition) is 2. The summed E-state index contributed by atoms with van der Waals surface area (Å²) in [7, 11) is 7.80. The summed E-state index contributed by atoms with van der Waals surface area (Å²) in [5.41, 5.74) is 1.28. The van der Waals surface area contributed by atoms with Crippen LogP contribution in [0.25, 0.3) is 0 Å². The smallest absolute Gasteiger partial charge is 0.191 e. The third-order valence-corrected chi connectivity index (χ3v) is 6.68. The molecule has 1 aliphatic heterocycles. The van der Waals surface area contributed by atoms with Gasteiger partial charge in [0.2, 0.25) is 0 Å². The fourth-order valence-electron chi connectivity index (χ4n) is 3.99. The Balaban J connectivity index is 0.00000341. The lowest BCUT2D eigenvalue weighted by Crippen LogP contribution is -2.44. The number of hydrogen-bond acceptors (Lipinski definition) is 5. The van der Waals surface area contributed by atoms with Crippen molar-refractivity contribution in [1.29, 1.82) is 0 Å². The maximum Gasteiger partial charge on any atom is 0.191 e. The Labute approximate surface area is 208 Å². The molecule has 1 fully saturated rings. The van der Waals surface area contributed by atoms with Crippen molar-refractivity contribution in [3.05, 3.63) is 52.2 Å². The molecule has 8 heteroatoms. The van der Waals surface area contributed by atoms with Crippen LogP contribution in [0, 0.1) is 0 Å². The van der Waals surface area contributed by atoms with Gasteiger partial charge in [-0.3, -0.25) is 9.89 Å². The van der Waals surface area contributed by atoms with Crippen LogP contribution < -0.4 is 15.4 Å². The fourth-order valence-corrected chi connectivity index (χ4v) is 4.91. The number of ether oxygens (including phenoxy) is 1. The summed E-state index contributed by atoms with van der Waals surface area (Å²) >= 11 is 1.79. The van der Waals surface area contributed by atoms with E-state index in [9.17, 15) is 0 Å². The van der Waals surface area contributed by atoms with Gasteiger partial charge >= 0.3 is 0 Å². The predicted octanol–water partition coefficient (Wildman–Crippen LogP) is 3.98. The van der Waals surface area contributed by atoms with Gasteiger partial charge in [0.05, 0.1) is 19.2 Å². The summed E-state index contributed by atoms with van der Waals surface area (Å²) in [6, 6.07) is 13.3. The van der Waals surface area contributed by atoms with E-state index in [2.05, 4.69) is 75.2 Å². The van der Waals surface area contributed by atoms with Gasteiger partial charge in [-0.15, -0.1) is 35.3 Å². The first-order valence-corrected chi connectivity index (χ1v) is 11.5. The minimum Gasteiger partial charge on any atom is -0.497 e. The third-order valence-electron chi connectivity index (χ3n) is 5.70. The van der Waals surface area contributed by atoms with Crippen LogP contribution in [0.3, 0.4) is 0 Å². The van der Waals surface area contributed by atoms with Crippen molar-refractivity contribution in [3.63, 3.8) is 0 Å². The highest BCUT2D eigenvalue weighted by Gasteiger charge is 2.24. The molecule has 2 atom stereocenters. The highest BCUT2D eigenvalue weighted by Crippen LogP contribution is 2.27. The molecule has 0 spiro atoms. The molecule has 1 saturated heterocycles. The molecule has 1 aromatic heterocycles. The predicted molar refractivity (Wildman–Crippen MR) is 142 cm³/mol. The number of methoxy groups -OCH3 is 1. The molecule has 1 aliphatic rings. The number of likely N-dealkylation sites (tertiary alicyclic amines) is 1. The highest BCUT2D eigenvalue weighted by molar-refractivity contribution is 14.0. The number of rotatable bonds is 9. The first kappa shape index (κ1) is 25.9. The van der Waals surface area contributed by atoms with Crippen molar-refractivity contribution in [1.82, 2.24) is 20.4 Å². The second kappa shape index (κ2) is 13.2. The Morgan fingerprint density at radius 3 is 2.52 bits per heavy atom. The van der Waals surface area contributed by atoms with Gasteiger partial charge in [0, 0.05) is 25.0 Å². The van der Waals surface area contributed by atoms with E-state index in [1.807, 2.05) is 13.1 Å². The van der Waals surface area contributed by atoms with Gasteiger partial charge < -0.3 is 20.3 Å². The Kier molecular flexibility index (Phi) is 11.1. The summed E-state index contributed by atoms with van der Waals surface area (Å²) in [5, 5.41) is 9.22. The average Bonchev–Trinajstić information content (AvgIpc) is 3.47. The van der Waals surface area contributed by atoms with Crippen LogP contribution >= 0.6 is 35.3 Å². The van der Waals surface area contributed by atoms with Gasteiger partial charge in [-0.25, -0.2) is 0 Å². The van der Waals surface area contributed by atoms with E-state index in [4.69, 9.17) is 4.74 Å². The second-order valence-corrected chi connectivity index (χ2v) is 8.84. The standard InChI is InChI=1S/C23H35N5OS.HI/c1-24-23(26-17-21(27(2)3)22-11-8-14-30-22)25-16-20(28-12-5-6-13-28)18-9-7-10-19(15-18)29-4;/h7-11,14-15,20-21H,5-6,12-13,16-17H2,1-4H3,(H2,24,25,26);1H. The van der Waals surface area contributed by atoms with Crippen LogP contribution in [-0.4, -0.2) is 70.2 Å². The molecule has 172 valence electrons. The van der Waals surface area contributed by atoms with E-state index in [1.54, 1.807) is 18.4 Å². The largest absolute Gasteiger partial charge is 0.497 e. The number of benzene rings is 1. The zero-order chi connectivity index (χ0) is 21.3. The Bertz CT molecular complexity index is 793. The number of thiophene rings is 1. The number of nitrogens with zero attached hydrogens (tertiary/aromatic N) is 3. The van der Waals surface area contributed by atoms with Crippen LogP contribution in [0.4, 0.5) is 0 Å². The van der Waals surface area contributed by atoms with Crippen LogP contribution in [0.1, 0.15) is 35.4 Å². The molecule has 0 bridgehead atoms. The Morgan fingerprint density at radius 1 is 1.16 bits per heavy atom. The molecule has 2 heterocycles. The average molecular weight is 558 g/mol. The van der Waals surface area contributed by atoms with E-state index < -0.39 is 0 Å². The van der Waals surface area contributed by atoms with Crippen molar-refractivity contribution in [2.45, 2.75) is 24.9 Å². The number of halogens is 1. The molecule has 31 heavy (non-hydrogen) atoms. The first-order chi connectivity index (χ1) is 14.6. The summed E-state index contributed by atoms with van der Waals surface area (Å²) in [6.07, 6.45) is 2.53. The lowest BCUT2D eigenvalue weighted by Gasteiger charge is -2.30. The highest BCUT2D eigenvalue weighted by atomic mass is 127. The van der Waals surface area contributed by atoms with Crippen LogP contribution in [-0.2, 0) is 0 Å². The van der Waals surface area contributed by atoms with E-state index >= 15 is 0 Å². The topological polar surface area (TPSA) is 52.1 Å². The first-order valence-electron chi connectivity index (χ1n) is 10.6. The maximum atomic E-state index is 5.46. The van der Waals surface area contributed by atoms with Crippen molar-refractivity contribution in [2.75, 3.05) is 54.4 Å². The third kappa shape index (κ3) is 7.34. The molecule has 2 aromatic rings. The summed E-state index contributed by atoms with van der Waals surface area (Å²) in [4.78, 5) is 10.6. The SMILES string of the molecule is CN=C(NCC(c1cccs1)N(C)C)NCC(c1cccc(OC)c1)N1CCCC1.I. The van der Waals surface area contributed by atoms with Crippen LogP contribution in [0.2, 0.25) is 0 Å². The van der Waals surface area contributed by atoms with Crippen molar-refractivity contribution in [3.8, 4) is 5.75 Å². The zero-order valence-corrected chi connectivity index (χ0v) is 22.2. The van der Waals surface area contributed by atoms with Gasteiger partial charge in [0.25, 0.3) is 0 Å². The lowest BCUT2D eigenvalue weighted by molar-refractivity contribution is 0.244. The monoisotopic (exact) mass is 557 g/mol. The molecule has 0 aliphatic carbocycles. The van der Waals surface area contributed by atoms with Crippen molar-refractivity contribution >= 4 is 41.3 Å². The lowest BCUT2D eigenvalue weighted by atomic mass is 10.1. The minimum atomic E-state index is 0. The quantitative estimate of drug-likeness (QED) is 0.278. The van der Waals surface area contributed by atoms with Crippen LogP contribution in [0.15, 0.2) is 46.8 Å². The molecule has 3 rings (SSSR count). The number of guanidine groups is 1. The molecule has 0 saturated carbocycles. The maximum absolute atomic E-state index is 5.46. The number of nitrogens with one attached hydrogen (secondary N) is 2. The minimum absolute atomic E-state index is 0. The summed E-state index contributed by atoms with van der Waals surface area (Å²) in [5.74, 6) is 1.74. The molecule has 6 nitrogen and oxygen atoms in total. The van der Waals surface area contributed by atoms with E-state index in [1.165, 1.54) is 23.3 Å². The van der Waals surface area contributed by atoms with E-state index in [-0.39, 0.29) is 24.0 Å². The molecule has 2 N–H and O–H groups in total. The Hall–Kier alpha value is -1.36. The van der Waals surface area contributed by atoms with Gasteiger partial charge in [-0.1, -0.05) is 18.2 Å². The second-order valence-electron chi connectivity index (χ2n) is 7.86. The molecule has 1 aromatic carbocycles. The van der Waals surface area contributed by atoms with E-state index in [0.717, 1.165) is 37.9 Å². The molecule has 0 amide bonds. The molecule has 2 unspecified atom stereocenters. The molecular weight excluding hydrogens is 521 g/mol. The van der Waals surface area contributed by atoms with Gasteiger partial charge in [0.15, 0.2) is 5.96 Å². The number of likely N-dealkylation sites (N-methyl/N-ethyl adjacent to an activating group) is 1. The molecule has 0 radical (unpaired) electrons. The molecular formula is C23H36IN5OS. The number of aliphatic imine (C=N–C) groups is 1. The zero-order valence-electron chi connectivity index (χ0n) is 19.0. The van der Waals surface area contributed by atoms with Gasteiger partial charge in [0.1, 0.15) is 5.75 Å². The fraction of sp³-hybridized carbons (Fsp3) is 0.522. The van der Waals surface area contributed by atoms with Gasteiger partial charge in [-0.2, -0.15) is 0 Å². The summed E-state index contributed by atoms with van der Waals surface area (Å²) < 4.78 is 5.46. The normalized spacial score (nSPS) is 16.6. The van der Waals surface area contributed by atoms with E-state index in [0.29, 0.717) is 12.1 Å². The van der Waals surface area contributed by atoms with Crippen molar-refractivity contribution < 1.29 is 4.74 Å². The Morgan fingerprint density at radius 2 is 1.90 bits per heavy atom. The van der Waals surface area contributed by atoms with Crippen molar-refractivity contribution in [2.24, 2.45) is 4.99 Å². The van der Waals surface area contributed by atoms with Crippen LogP contribution in [0.5, 0.6) is 5.75 Å².